The zero-order chi connectivity index (χ0) is 11.3. The van der Waals surface area contributed by atoms with E-state index >= 15 is 0 Å². The molecule has 0 atom stereocenters. The molecule has 0 N–H and O–H groups in total. The van der Waals surface area contributed by atoms with Gasteiger partial charge < -0.3 is 0 Å². The highest BCUT2D eigenvalue weighted by atomic mass is 15.4. The van der Waals surface area contributed by atoms with Gasteiger partial charge in [0.25, 0.3) is 0 Å². The Morgan fingerprint density at radius 1 is 1.67 bits per heavy atom. The van der Waals surface area contributed by atoms with Crippen molar-refractivity contribution in [3.63, 3.8) is 0 Å². The van der Waals surface area contributed by atoms with Gasteiger partial charge in [0.1, 0.15) is 5.35 Å². The Kier molecular flexibility index (Phi) is 3.81. The van der Waals surface area contributed by atoms with Crippen molar-refractivity contribution in [2.45, 2.75) is 26.8 Å². The van der Waals surface area contributed by atoms with E-state index in [9.17, 15) is 0 Å². The Hall–Kier alpha value is -1.89. The van der Waals surface area contributed by atoms with Gasteiger partial charge in [-0.05, 0) is 19.4 Å². The Bertz CT molecular complexity index is 502. The summed E-state index contributed by atoms with van der Waals surface area (Å²) in [5.41, 5.74) is 0.597. The predicted octanol–water partition coefficient (Wildman–Crippen LogP) is 0.349. The third kappa shape index (κ3) is 2.53. The summed E-state index contributed by atoms with van der Waals surface area (Å²) in [6.45, 7) is 8.46. The maximum atomic E-state index is 8.82. The molecule has 1 rings (SSSR count). The van der Waals surface area contributed by atoms with Crippen molar-refractivity contribution in [1.82, 2.24) is 15.0 Å². The molecular weight excluding hydrogens is 188 g/mol. The van der Waals surface area contributed by atoms with Gasteiger partial charge in [-0.2, -0.15) is 5.26 Å². The maximum Gasteiger partial charge on any atom is 0.106 e. The van der Waals surface area contributed by atoms with E-state index in [1.165, 1.54) is 0 Å². The molecule has 0 spiro atoms. The molecule has 0 aromatic carbocycles. The zero-order valence-corrected chi connectivity index (χ0v) is 9.06. The molecule has 0 amide bonds. The minimum Gasteiger partial charge on any atom is -0.245 e. The fraction of sp³-hybridized carbons (Fsp3) is 0.364. The van der Waals surface area contributed by atoms with Crippen molar-refractivity contribution in [3.05, 3.63) is 22.3 Å². The van der Waals surface area contributed by atoms with Crippen LogP contribution in [0.4, 0.5) is 0 Å². The van der Waals surface area contributed by atoms with Crippen LogP contribution in [0.3, 0.4) is 0 Å². The number of aryl methyl sites for hydroxylation is 1. The molecule has 0 radical (unpaired) electrons. The average molecular weight is 202 g/mol. The van der Waals surface area contributed by atoms with E-state index in [2.05, 4.69) is 29.9 Å². The summed E-state index contributed by atoms with van der Waals surface area (Å²) in [5.74, 6) is 0. The molecule has 1 heterocycles. The summed E-state index contributed by atoms with van der Waals surface area (Å²) in [7, 11) is 0. The molecule has 0 unspecified atom stereocenters. The van der Waals surface area contributed by atoms with Gasteiger partial charge in [-0.3, -0.25) is 0 Å². The Morgan fingerprint density at radius 2 is 2.40 bits per heavy atom. The molecule has 78 valence electrons. The molecule has 0 bridgehead atoms. The molecule has 0 aliphatic rings. The highest BCUT2D eigenvalue weighted by Crippen LogP contribution is 1.91. The van der Waals surface area contributed by atoms with E-state index in [-0.39, 0.29) is 0 Å². The normalized spacial score (nSPS) is 12.9. The first-order chi connectivity index (χ1) is 7.22. The van der Waals surface area contributed by atoms with Gasteiger partial charge in [0.2, 0.25) is 0 Å². The maximum absolute atomic E-state index is 8.82. The number of rotatable bonds is 3. The number of aromatic nitrogens is 3. The second kappa shape index (κ2) is 5.11. The van der Waals surface area contributed by atoms with Crippen molar-refractivity contribution >= 4 is 12.7 Å². The number of hydrogen-bond donors (Lipinski definition) is 0. The highest BCUT2D eigenvalue weighted by molar-refractivity contribution is 5.53. The van der Waals surface area contributed by atoms with E-state index in [1.54, 1.807) is 16.8 Å². The van der Waals surface area contributed by atoms with Crippen LogP contribution in [0.1, 0.15) is 20.3 Å². The Morgan fingerprint density at radius 3 is 2.93 bits per heavy atom. The number of nitriles is 1. The Balaban J connectivity index is 3.30. The molecule has 0 saturated heterocycles. The molecule has 0 aliphatic heterocycles. The van der Waals surface area contributed by atoms with Crippen molar-refractivity contribution in [3.8, 4) is 6.07 Å². The second-order valence-electron chi connectivity index (χ2n) is 3.14. The molecule has 4 heteroatoms. The topological polar surface area (TPSA) is 54.5 Å². The van der Waals surface area contributed by atoms with Crippen LogP contribution in [0.2, 0.25) is 0 Å². The standard InChI is InChI=1S/C11H14N4/c1-4-6-15-11(9(3)13-14-15)7-10(5-2)8-12/h5,7H,3-4,6H2,1-2H3/b10-5+,11-7+. The second-order valence-corrected chi connectivity index (χ2v) is 3.14. The number of nitrogens with zero attached hydrogens (tertiary/aromatic N) is 4. The summed E-state index contributed by atoms with van der Waals surface area (Å²) in [4.78, 5) is 0. The van der Waals surface area contributed by atoms with E-state index in [4.69, 9.17) is 5.26 Å². The van der Waals surface area contributed by atoms with Crippen molar-refractivity contribution in [2.75, 3.05) is 0 Å². The van der Waals surface area contributed by atoms with E-state index < -0.39 is 0 Å². The Labute approximate surface area is 88.8 Å². The molecular formula is C11H14N4. The van der Waals surface area contributed by atoms with Gasteiger partial charge in [0.05, 0.1) is 11.4 Å². The number of allylic oxidation sites excluding steroid dienone is 2. The minimum absolute atomic E-state index is 0.597. The molecule has 4 nitrogen and oxygen atoms in total. The fourth-order valence-electron chi connectivity index (χ4n) is 1.22. The lowest BCUT2D eigenvalue weighted by Gasteiger charge is -1.95. The van der Waals surface area contributed by atoms with E-state index in [0.717, 1.165) is 18.3 Å². The van der Waals surface area contributed by atoms with Gasteiger partial charge in [-0.25, -0.2) is 4.68 Å². The fourth-order valence-corrected chi connectivity index (χ4v) is 1.22. The van der Waals surface area contributed by atoms with E-state index in [0.29, 0.717) is 10.9 Å². The summed E-state index contributed by atoms with van der Waals surface area (Å²) >= 11 is 0. The molecule has 0 saturated carbocycles. The quantitative estimate of drug-likeness (QED) is 0.664. The summed E-state index contributed by atoms with van der Waals surface area (Å²) in [6.07, 6.45) is 4.49. The van der Waals surface area contributed by atoms with Crippen LogP contribution >= 0.6 is 0 Å². The van der Waals surface area contributed by atoms with Gasteiger partial charge in [-0.15, -0.1) is 5.10 Å². The first-order valence-corrected chi connectivity index (χ1v) is 4.89. The zero-order valence-electron chi connectivity index (χ0n) is 9.06. The van der Waals surface area contributed by atoms with Gasteiger partial charge in [0, 0.05) is 12.1 Å². The van der Waals surface area contributed by atoms with Gasteiger partial charge >= 0.3 is 0 Å². The van der Waals surface area contributed by atoms with Crippen LogP contribution in [0.15, 0.2) is 11.6 Å². The molecule has 0 fully saturated rings. The van der Waals surface area contributed by atoms with E-state index in [1.807, 2.05) is 6.92 Å². The van der Waals surface area contributed by atoms with Crippen molar-refractivity contribution in [2.24, 2.45) is 0 Å². The van der Waals surface area contributed by atoms with Crippen LogP contribution in [-0.2, 0) is 6.54 Å². The van der Waals surface area contributed by atoms with Crippen molar-refractivity contribution in [1.29, 1.82) is 5.26 Å². The SMILES string of the molecule is C=c1nnn(CCC)/c1=C/C(C#N)=C\C. The monoisotopic (exact) mass is 202 g/mol. The van der Waals surface area contributed by atoms with Crippen LogP contribution in [0.5, 0.6) is 0 Å². The summed E-state index contributed by atoms with van der Waals surface area (Å²) in [6, 6.07) is 2.10. The third-order valence-electron chi connectivity index (χ3n) is 2.01. The lowest BCUT2D eigenvalue weighted by molar-refractivity contribution is 0.566. The molecule has 15 heavy (non-hydrogen) atoms. The molecule has 0 aliphatic carbocycles. The van der Waals surface area contributed by atoms with Crippen LogP contribution in [0.25, 0.3) is 12.7 Å². The van der Waals surface area contributed by atoms with Gasteiger partial charge in [0.15, 0.2) is 0 Å². The highest BCUT2D eigenvalue weighted by Gasteiger charge is 1.97. The van der Waals surface area contributed by atoms with Crippen LogP contribution in [0, 0.1) is 11.3 Å². The minimum atomic E-state index is 0.597. The summed E-state index contributed by atoms with van der Waals surface area (Å²) in [5, 5.41) is 18.1. The largest absolute Gasteiger partial charge is 0.245 e. The third-order valence-corrected chi connectivity index (χ3v) is 2.01. The van der Waals surface area contributed by atoms with Crippen LogP contribution < -0.4 is 10.7 Å². The van der Waals surface area contributed by atoms with Gasteiger partial charge in [-0.1, -0.05) is 24.8 Å². The molecule has 1 aromatic heterocycles. The predicted molar refractivity (Wildman–Crippen MR) is 58.9 cm³/mol. The lowest BCUT2D eigenvalue weighted by atomic mass is 10.2. The smallest absolute Gasteiger partial charge is 0.106 e. The summed E-state index contributed by atoms with van der Waals surface area (Å²) < 4.78 is 1.77. The number of hydrogen-bond acceptors (Lipinski definition) is 3. The first kappa shape index (κ1) is 11.2. The molecule has 1 aromatic rings. The van der Waals surface area contributed by atoms with Crippen molar-refractivity contribution < 1.29 is 0 Å². The lowest BCUT2D eigenvalue weighted by Crippen LogP contribution is -2.29. The average Bonchev–Trinajstić information content (AvgIpc) is 2.58. The van der Waals surface area contributed by atoms with Crippen LogP contribution in [-0.4, -0.2) is 15.0 Å². The first-order valence-electron chi connectivity index (χ1n) is 4.89.